The highest BCUT2D eigenvalue weighted by molar-refractivity contribution is 7.90. The average molecular weight is 345 g/mol. The summed E-state index contributed by atoms with van der Waals surface area (Å²) in [6, 6.07) is 10.6. The van der Waals surface area contributed by atoms with E-state index in [1.807, 2.05) is 6.07 Å². The number of nitrogens with zero attached hydrogens (tertiary/aromatic N) is 4. The van der Waals surface area contributed by atoms with E-state index in [4.69, 9.17) is 11.6 Å². The topological polar surface area (TPSA) is 94.6 Å². The van der Waals surface area contributed by atoms with Gasteiger partial charge in [0, 0.05) is 17.4 Å². The van der Waals surface area contributed by atoms with E-state index in [0.29, 0.717) is 11.1 Å². The molecule has 8 heteroatoms. The molecule has 114 valence electrons. The molecule has 0 amide bonds. The maximum absolute atomic E-state index is 12.6. The molecule has 0 aliphatic rings. The van der Waals surface area contributed by atoms with Gasteiger partial charge in [-0.2, -0.15) is 15.2 Å². The van der Waals surface area contributed by atoms with Gasteiger partial charge in [0.1, 0.15) is 17.9 Å². The molecule has 1 atom stereocenters. The molecule has 0 saturated heterocycles. The quantitative estimate of drug-likeness (QED) is 0.523. The van der Waals surface area contributed by atoms with E-state index in [2.05, 4.69) is 9.97 Å². The molecule has 0 saturated carbocycles. The molecule has 3 rings (SSSR count). The Balaban J connectivity index is 2.52. The summed E-state index contributed by atoms with van der Waals surface area (Å²) in [5.41, 5.74) is -0.0210. The first-order valence-electron chi connectivity index (χ1n) is 6.44. The number of aromatic nitrogens is 3. The zero-order chi connectivity index (χ0) is 16.6. The minimum Gasteiger partial charge on any atom is -0.609 e. The molecular formula is C15H9ClN4O2S. The van der Waals surface area contributed by atoms with Gasteiger partial charge in [-0.3, -0.25) is 9.36 Å². The lowest BCUT2D eigenvalue weighted by Gasteiger charge is -2.12. The van der Waals surface area contributed by atoms with Crippen LogP contribution in [-0.4, -0.2) is 25.3 Å². The Bertz CT molecular complexity index is 996. The zero-order valence-corrected chi connectivity index (χ0v) is 13.4. The van der Waals surface area contributed by atoms with Crippen LogP contribution in [0.15, 0.2) is 46.5 Å². The summed E-state index contributed by atoms with van der Waals surface area (Å²) in [6.07, 6.45) is 2.82. The first kappa shape index (κ1) is 15.5. The SMILES string of the molecule is C[S+]([O-])c1ncc2c(Cl)c(C#N)c(=O)n(-c3ccccc3)c2n1. The van der Waals surface area contributed by atoms with Crippen molar-refractivity contribution in [1.29, 1.82) is 5.26 Å². The Hall–Kier alpha value is -2.40. The third-order valence-corrected chi connectivity index (χ3v) is 4.32. The van der Waals surface area contributed by atoms with Gasteiger partial charge in [-0.25, -0.2) is 0 Å². The van der Waals surface area contributed by atoms with Gasteiger partial charge in [0.2, 0.25) is 0 Å². The van der Waals surface area contributed by atoms with Crippen LogP contribution < -0.4 is 5.56 Å². The Morgan fingerprint density at radius 1 is 1.35 bits per heavy atom. The second-order valence-corrected chi connectivity index (χ2v) is 6.27. The first-order chi connectivity index (χ1) is 11.0. The van der Waals surface area contributed by atoms with Crippen molar-refractivity contribution in [2.24, 2.45) is 0 Å². The fraction of sp³-hybridized carbons (Fsp3) is 0.0667. The van der Waals surface area contributed by atoms with Gasteiger partial charge in [0.05, 0.1) is 16.1 Å². The van der Waals surface area contributed by atoms with Crippen molar-refractivity contribution in [3.63, 3.8) is 0 Å². The summed E-state index contributed by atoms with van der Waals surface area (Å²) >= 11 is 4.73. The minimum absolute atomic E-state index is 0.00637. The predicted molar refractivity (Wildman–Crippen MR) is 87.2 cm³/mol. The summed E-state index contributed by atoms with van der Waals surface area (Å²) in [6.45, 7) is 0. The fourth-order valence-electron chi connectivity index (χ4n) is 2.17. The molecule has 0 aliphatic heterocycles. The molecule has 1 aromatic carbocycles. The molecule has 2 heterocycles. The first-order valence-corrected chi connectivity index (χ1v) is 8.38. The zero-order valence-electron chi connectivity index (χ0n) is 11.9. The lowest BCUT2D eigenvalue weighted by molar-refractivity contribution is 0.592. The third-order valence-electron chi connectivity index (χ3n) is 3.21. The number of pyridine rings is 1. The van der Waals surface area contributed by atoms with Gasteiger partial charge in [-0.1, -0.05) is 29.8 Å². The highest BCUT2D eigenvalue weighted by Gasteiger charge is 2.20. The fourth-order valence-corrected chi connectivity index (χ4v) is 2.84. The minimum atomic E-state index is -1.42. The number of rotatable bonds is 2. The Morgan fingerprint density at radius 2 is 2.04 bits per heavy atom. The van der Waals surface area contributed by atoms with Gasteiger partial charge in [-0.15, -0.1) is 0 Å². The number of benzene rings is 1. The van der Waals surface area contributed by atoms with Crippen LogP contribution in [0.2, 0.25) is 5.02 Å². The number of nitriles is 1. The molecule has 3 aromatic rings. The maximum atomic E-state index is 12.6. The summed E-state index contributed by atoms with van der Waals surface area (Å²) in [7, 11) is 0. The normalized spacial score (nSPS) is 12.1. The van der Waals surface area contributed by atoms with Gasteiger partial charge >= 0.3 is 5.16 Å². The van der Waals surface area contributed by atoms with Gasteiger partial charge < -0.3 is 4.55 Å². The molecule has 0 spiro atoms. The third kappa shape index (κ3) is 2.57. The van der Waals surface area contributed by atoms with Gasteiger partial charge in [0.25, 0.3) is 5.56 Å². The number of fused-ring (bicyclic) bond motifs is 1. The van der Waals surface area contributed by atoms with Crippen LogP contribution in [0.3, 0.4) is 0 Å². The predicted octanol–water partition coefficient (Wildman–Crippen LogP) is 2.04. The molecule has 0 bridgehead atoms. The average Bonchev–Trinajstić information content (AvgIpc) is 2.56. The Morgan fingerprint density at radius 3 is 2.65 bits per heavy atom. The van der Waals surface area contributed by atoms with Crippen molar-refractivity contribution in [3.8, 4) is 11.8 Å². The molecule has 2 aromatic heterocycles. The lowest BCUT2D eigenvalue weighted by atomic mass is 10.2. The van der Waals surface area contributed by atoms with Crippen molar-refractivity contribution in [2.45, 2.75) is 5.16 Å². The standard InChI is InChI=1S/C15H9ClN4O2S/c1-23(22)15-18-8-11-12(16)10(7-17)14(21)20(13(11)19-15)9-5-3-2-4-6-9/h2-6,8H,1H3. The van der Waals surface area contributed by atoms with Crippen LogP contribution in [0.1, 0.15) is 5.56 Å². The lowest BCUT2D eigenvalue weighted by Crippen LogP contribution is -2.23. The van der Waals surface area contributed by atoms with Crippen molar-refractivity contribution in [2.75, 3.05) is 6.26 Å². The highest BCUT2D eigenvalue weighted by atomic mass is 35.5. The van der Waals surface area contributed by atoms with E-state index in [1.165, 1.54) is 17.0 Å². The molecule has 23 heavy (non-hydrogen) atoms. The Kier molecular flexibility index (Phi) is 4.05. The number of halogens is 1. The van der Waals surface area contributed by atoms with E-state index < -0.39 is 16.7 Å². The molecule has 0 radical (unpaired) electrons. The molecule has 1 unspecified atom stereocenters. The van der Waals surface area contributed by atoms with Gasteiger partial charge in [0.15, 0.2) is 5.65 Å². The van der Waals surface area contributed by atoms with E-state index in [9.17, 15) is 14.6 Å². The smallest absolute Gasteiger partial charge is 0.344 e. The van der Waals surface area contributed by atoms with E-state index >= 15 is 0 Å². The van der Waals surface area contributed by atoms with Crippen molar-refractivity contribution in [3.05, 3.63) is 57.5 Å². The van der Waals surface area contributed by atoms with Crippen LogP contribution in [0.5, 0.6) is 0 Å². The maximum Gasteiger partial charge on any atom is 0.344 e. The van der Waals surface area contributed by atoms with E-state index in [-0.39, 0.29) is 21.4 Å². The van der Waals surface area contributed by atoms with Crippen molar-refractivity contribution in [1.82, 2.24) is 14.5 Å². The van der Waals surface area contributed by atoms with Crippen molar-refractivity contribution < 1.29 is 4.55 Å². The van der Waals surface area contributed by atoms with Gasteiger partial charge in [-0.05, 0) is 12.1 Å². The molecule has 6 nitrogen and oxygen atoms in total. The van der Waals surface area contributed by atoms with Crippen LogP contribution in [0, 0.1) is 11.3 Å². The van der Waals surface area contributed by atoms with Crippen LogP contribution in [0.25, 0.3) is 16.7 Å². The summed E-state index contributed by atoms with van der Waals surface area (Å²) in [5, 5.41) is 9.66. The second kappa shape index (κ2) is 6.01. The summed E-state index contributed by atoms with van der Waals surface area (Å²) in [4.78, 5) is 20.8. The monoisotopic (exact) mass is 344 g/mol. The summed E-state index contributed by atoms with van der Waals surface area (Å²) < 4.78 is 12.9. The largest absolute Gasteiger partial charge is 0.609 e. The molecule has 0 aliphatic carbocycles. The number of hydrogen-bond donors (Lipinski definition) is 0. The molecular weight excluding hydrogens is 336 g/mol. The van der Waals surface area contributed by atoms with Crippen LogP contribution in [0.4, 0.5) is 0 Å². The van der Waals surface area contributed by atoms with E-state index in [0.717, 1.165) is 0 Å². The second-order valence-electron chi connectivity index (χ2n) is 4.62. The summed E-state index contributed by atoms with van der Waals surface area (Å²) in [5.74, 6) is 0. The number of para-hydroxylation sites is 1. The van der Waals surface area contributed by atoms with Crippen LogP contribution >= 0.6 is 11.6 Å². The number of hydrogen-bond acceptors (Lipinski definition) is 5. The van der Waals surface area contributed by atoms with E-state index in [1.54, 1.807) is 30.3 Å². The highest BCUT2D eigenvalue weighted by Crippen LogP contribution is 2.25. The van der Waals surface area contributed by atoms with Crippen LogP contribution in [-0.2, 0) is 11.2 Å². The van der Waals surface area contributed by atoms with Crippen molar-refractivity contribution >= 4 is 33.8 Å². The molecule has 0 N–H and O–H groups in total. The molecule has 0 fully saturated rings. The Labute approximate surface area is 139 Å².